The standard InChI is InChI=1S/C3H5NTe/c1-3(5)2-4/h3,5H,1H3/p+1. The van der Waals surface area contributed by atoms with Gasteiger partial charge in [-0.05, 0) is 0 Å². The van der Waals surface area contributed by atoms with Gasteiger partial charge >= 0.3 is 45.9 Å². The van der Waals surface area contributed by atoms with Crippen molar-refractivity contribution in [2.45, 2.75) is 10.9 Å². The number of hydrogen-bond donors (Lipinski definition) is 0. The fraction of sp³-hybridized carbons (Fsp3) is 0.667. The van der Waals surface area contributed by atoms with Gasteiger partial charge in [0.15, 0.2) is 0 Å². The third-order valence-electron chi connectivity index (χ3n) is 0.187. The van der Waals surface area contributed by atoms with Crippen LogP contribution in [0.1, 0.15) is 8.35 Å². The first-order valence-corrected chi connectivity index (χ1v) is 2.82. The van der Waals surface area contributed by atoms with Crippen molar-refractivity contribution in [2.24, 2.45) is 0 Å². The average Bonchev–Trinajstić information content (AvgIpc) is 1.38. The van der Waals surface area contributed by atoms with Crippen molar-refractivity contribution in [3.63, 3.8) is 0 Å². The Morgan fingerprint density at radius 2 is 2.40 bits per heavy atom. The Morgan fingerprint density at radius 3 is 2.40 bits per heavy atom. The summed E-state index contributed by atoms with van der Waals surface area (Å²) in [6.45, 7) is 1.88. The first kappa shape index (κ1) is 5.28. The summed E-state index contributed by atoms with van der Waals surface area (Å²) in [7, 11) is 0. The van der Waals surface area contributed by atoms with Crippen LogP contribution in [0.15, 0.2) is 0 Å². The van der Waals surface area contributed by atoms with Crippen LogP contribution in [0.4, 0.5) is 0 Å². The van der Waals surface area contributed by atoms with Crippen LogP contribution in [-0.4, -0.2) is 22.3 Å². The predicted octanol–water partition coefficient (Wildman–Crippen LogP) is 0.332. The van der Waals surface area contributed by atoms with Crippen LogP contribution in [0.5, 0.6) is 0 Å². The van der Waals surface area contributed by atoms with Crippen molar-refractivity contribution in [3.8, 4) is 6.07 Å². The van der Waals surface area contributed by atoms with Gasteiger partial charge in [0.25, 0.3) is 0 Å². The topological polar surface area (TPSA) is 23.8 Å². The molecule has 0 spiro atoms. The molecule has 0 aromatic carbocycles. The molecule has 0 amide bonds. The second kappa shape index (κ2) is 2.51. The fourth-order valence-electron chi connectivity index (χ4n) is 0. The van der Waals surface area contributed by atoms with Gasteiger partial charge in [-0.1, -0.05) is 0 Å². The Labute approximate surface area is 46.4 Å². The maximum absolute atomic E-state index is 7.91. The molecule has 0 bridgehead atoms. The molecule has 0 aliphatic carbocycles. The summed E-state index contributed by atoms with van der Waals surface area (Å²) in [6.07, 6.45) is 0. The summed E-state index contributed by atoms with van der Waals surface area (Å²) in [5.41, 5.74) is 0. The average molecular weight is 184 g/mol. The fourth-order valence-corrected chi connectivity index (χ4v) is 0. The van der Waals surface area contributed by atoms with E-state index in [1.807, 2.05) is 6.92 Å². The van der Waals surface area contributed by atoms with Crippen LogP contribution in [0.3, 0.4) is 0 Å². The van der Waals surface area contributed by atoms with Crippen molar-refractivity contribution in [1.29, 1.82) is 5.26 Å². The molecule has 0 rings (SSSR count). The van der Waals surface area contributed by atoms with E-state index >= 15 is 0 Å². The quantitative estimate of drug-likeness (QED) is 0.497. The molecule has 0 N–H and O–H groups in total. The Morgan fingerprint density at radius 1 is 2.20 bits per heavy atom. The molecule has 0 radical (unpaired) electrons. The molecule has 0 aromatic rings. The first-order valence-electron chi connectivity index (χ1n) is 1.35. The van der Waals surface area contributed by atoms with Gasteiger partial charge in [0.05, 0.1) is 0 Å². The molecule has 5 heavy (non-hydrogen) atoms. The molecule has 1 atom stereocenters. The van der Waals surface area contributed by atoms with E-state index in [4.69, 9.17) is 5.26 Å². The van der Waals surface area contributed by atoms with E-state index in [1.165, 1.54) is 0 Å². The first-order chi connectivity index (χ1) is 2.27. The van der Waals surface area contributed by atoms with Gasteiger partial charge < -0.3 is 0 Å². The molecule has 1 nitrogen and oxygen atoms in total. The van der Waals surface area contributed by atoms with Crippen LogP contribution in [-0.2, 0) is 0 Å². The molecule has 0 fully saturated rings. The Balaban J connectivity index is 0. The van der Waals surface area contributed by atoms with Crippen LogP contribution < -0.4 is 0 Å². The molecular formula is C3H6NTe+. The Bertz CT molecular complexity index is 56.3. The van der Waals surface area contributed by atoms with Gasteiger partial charge in [0.1, 0.15) is 0 Å². The normalized spacial score (nSPS) is 13.0. The maximum atomic E-state index is 7.91. The molecular weight excluding hydrogens is 178 g/mol. The van der Waals surface area contributed by atoms with E-state index in [1.54, 1.807) is 22.3 Å². The molecule has 0 saturated heterocycles. The third-order valence-corrected chi connectivity index (χ3v) is 0.516. The molecule has 0 heterocycles. The van der Waals surface area contributed by atoms with Crippen LogP contribution in [0.2, 0.25) is 3.97 Å². The molecule has 2 heteroatoms. The summed E-state index contributed by atoms with van der Waals surface area (Å²) in [6, 6.07) is 2.05. The van der Waals surface area contributed by atoms with Crippen molar-refractivity contribution in [1.82, 2.24) is 0 Å². The molecule has 0 aliphatic rings. The number of nitrogens with zero attached hydrogens (tertiary/aromatic N) is 1. The number of rotatable bonds is 0. The van der Waals surface area contributed by atoms with Crippen LogP contribution >= 0.6 is 0 Å². The zero-order valence-corrected chi connectivity index (χ0v) is 5.52. The van der Waals surface area contributed by atoms with Crippen LogP contribution in [0.25, 0.3) is 0 Å². The van der Waals surface area contributed by atoms with E-state index < -0.39 is 0 Å². The zero-order valence-electron chi connectivity index (χ0n) is 3.97. The van der Waals surface area contributed by atoms with Crippen molar-refractivity contribution in [3.05, 3.63) is 0 Å². The molecule has 28 valence electrons. The van der Waals surface area contributed by atoms with E-state index in [-0.39, 0.29) is 5.39 Å². The smallest absolute Gasteiger partial charge is 1.00 e. The summed E-state index contributed by atoms with van der Waals surface area (Å²) >= 11 is 1.55. The minimum Gasteiger partial charge on any atom is 1.00 e. The van der Waals surface area contributed by atoms with E-state index in [0.29, 0.717) is 0 Å². The van der Waals surface area contributed by atoms with Gasteiger partial charge in [-0.15, -0.1) is 0 Å². The van der Waals surface area contributed by atoms with Crippen LogP contribution in [0, 0.1) is 11.3 Å². The van der Waals surface area contributed by atoms with Crippen molar-refractivity contribution >= 4 is 22.3 Å². The molecule has 0 aromatic heterocycles. The second-order valence-electron chi connectivity index (χ2n) is 0.805. The Hall–Kier alpha value is 0.280. The predicted molar refractivity (Wildman–Crippen MR) is 23.3 cm³/mol. The van der Waals surface area contributed by atoms with Crippen molar-refractivity contribution < 1.29 is 1.43 Å². The van der Waals surface area contributed by atoms with E-state index in [0.717, 1.165) is 0 Å². The second-order valence-corrected chi connectivity index (χ2v) is 3.02. The minimum absolute atomic E-state index is 0. The largest absolute Gasteiger partial charge is 1.00 e. The summed E-state index contributed by atoms with van der Waals surface area (Å²) in [4.78, 5) is 0. The minimum atomic E-state index is 0. The zero-order chi connectivity index (χ0) is 4.28. The molecule has 1 unspecified atom stereocenters. The summed E-state index contributed by atoms with van der Waals surface area (Å²) in [5, 5.41) is 7.91. The SMILES string of the molecule is CC([TeH])C#N.[H+]. The monoisotopic (exact) mass is 186 g/mol. The summed E-state index contributed by atoms with van der Waals surface area (Å²) < 4.78 is 0.240. The number of hydrogen-bond acceptors (Lipinski definition) is 1. The maximum Gasteiger partial charge on any atom is 1.00 e. The summed E-state index contributed by atoms with van der Waals surface area (Å²) in [5.74, 6) is 0. The van der Waals surface area contributed by atoms with Gasteiger partial charge in [-0.2, -0.15) is 0 Å². The number of nitriles is 1. The Kier molecular flexibility index (Phi) is 2.65. The molecule has 0 aliphatic heterocycles. The van der Waals surface area contributed by atoms with Gasteiger partial charge in [0, 0.05) is 0 Å². The van der Waals surface area contributed by atoms with E-state index in [9.17, 15) is 0 Å². The van der Waals surface area contributed by atoms with Crippen molar-refractivity contribution in [2.75, 3.05) is 0 Å². The molecule has 0 saturated carbocycles. The van der Waals surface area contributed by atoms with Gasteiger partial charge in [0.2, 0.25) is 0 Å². The van der Waals surface area contributed by atoms with Gasteiger partial charge in [-0.25, -0.2) is 0 Å². The third kappa shape index (κ3) is 4.28. The van der Waals surface area contributed by atoms with E-state index in [2.05, 4.69) is 6.07 Å². The van der Waals surface area contributed by atoms with Gasteiger partial charge in [-0.3, -0.25) is 0 Å².